The Labute approximate surface area is 134 Å². The Hall–Kier alpha value is -1.63. The summed E-state index contributed by atoms with van der Waals surface area (Å²) < 4.78 is 6.94. The third kappa shape index (κ3) is 3.76. The fourth-order valence-electron chi connectivity index (χ4n) is 2.41. The molecular formula is C16H22N2O3S. The molecule has 2 heterocycles. The van der Waals surface area contributed by atoms with Crippen molar-refractivity contribution in [3.8, 4) is 5.69 Å². The monoisotopic (exact) mass is 322 g/mol. The predicted octanol–water partition coefficient (Wildman–Crippen LogP) is 2.28. The van der Waals surface area contributed by atoms with Crippen molar-refractivity contribution in [2.24, 2.45) is 0 Å². The summed E-state index contributed by atoms with van der Waals surface area (Å²) in [5, 5.41) is 14.4. The van der Waals surface area contributed by atoms with Crippen molar-refractivity contribution in [2.75, 3.05) is 20.3 Å². The van der Waals surface area contributed by atoms with Crippen LogP contribution in [-0.4, -0.2) is 41.9 Å². The zero-order valence-corrected chi connectivity index (χ0v) is 13.9. The van der Waals surface area contributed by atoms with E-state index in [9.17, 15) is 9.90 Å². The summed E-state index contributed by atoms with van der Waals surface area (Å²) in [6, 6.07) is 6.03. The number of thiophene rings is 1. The SMILES string of the molecule is COCC(O)CCNC(=O)c1sccc1-n1c(C)ccc1C. The van der Waals surface area contributed by atoms with Crippen LogP contribution in [0.1, 0.15) is 27.5 Å². The Morgan fingerprint density at radius 3 is 2.68 bits per heavy atom. The van der Waals surface area contributed by atoms with E-state index < -0.39 is 6.10 Å². The first kappa shape index (κ1) is 16.7. The van der Waals surface area contributed by atoms with Crippen LogP contribution in [0.3, 0.4) is 0 Å². The fraction of sp³-hybridized carbons (Fsp3) is 0.438. The first-order chi connectivity index (χ1) is 10.5. The van der Waals surface area contributed by atoms with Gasteiger partial charge in [0.1, 0.15) is 4.88 Å². The van der Waals surface area contributed by atoms with E-state index in [1.54, 1.807) is 7.11 Å². The average molecular weight is 322 g/mol. The number of nitrogens with zero attached hydrogens (tertiary/aromatic N) is 1. The van der Waals surface area contributed by atoms with E-state index in [1.807, 2.05) is 37.4 Å². The third-order valence-corrected chi connectivity index (χ3v) is 4.39. The molecular weight excluding hydrogens is 300 g/mol. The minimum Gasteiger partial charge on any atom is -0.391 e. The van der Waals surface area contributed by atoms with Gasteiger partial charge < -0.3 is 19.7 Å². The highest BCUT2D eigenvalue weighted by Crippen LogP contribution is 2.24. The van der Waals surface area contributed by atoms with Crippen LogP contribution in [-0.2, 0) is 4.74 Å². The molecule has 0 bridgehead atoms. The minimum absolute atomic E-state index is 0.109. The smallest absolute Gasteiger partial charge is 0.263 e. The predicted molar refractivity (Wildman–Crippen MR) is 88.0 cm³/mol. The van der Waals surface area contributed by atoms with Gasteiger partial charge in [0, 0.05) is 25.0 Å². The Bertz CT molecular complexity index is 614. The number of methoxy groups -OCH3 is 1. The lowest BCUT2D eigenvalue weighted by Gasteiger charge is -2.12. The van der Waals surface area contributed by atoms with Crippen molar-refractivity contribution >= 4 is 17.2 Å². The molecule has 1 unspecified atom stereocenters. The zero-order valence-electron chi connectivity index (χ0n) is 13.1. The Kier molecular flexibility index (Phi) is 5.76. The van der Waals surface area contributed by atoms with Crippen LogP contribution < -0.4 is 5.32 Å². The molecule has 1 amide bonds. The van der Waals surface area contributed by atoms with Gasteiger partial charge in [-0.2, -0.15) is 0 Å². The van der Waals surface area contributed by atoms with E-state index in [0.29, 0.717) is 17.8 Å². The largest absolute Gasteiger partial charge is 0.391 e. The molecule has 0 saturated heterocycles. The van der Waals surface area contributed by atoms with Crippen molar-refractivity contribution in [2.45, 2.75) is 26.4 Å². The summed E-state index contributed by atoms with van der Waals surface area (Å²) in [6.07, 6.45) is -0.0796. The van der Waals surface area contributed by atoms with E-state index in [-0.39, 0.29) is 12.5 Å². The number of carbonyl (C=O) groups is 1. The first-order valence-corrected chi connectivity index (χ1v) is 8.10. The average Bonchev–Trinajstić information content (AvgIpc) is 3.06. The lowest BCUT2D eigenvalue weighted by Crippen LogP contribution is -2.28. The molecule has 0 saturated carbocycles. The number of nitrogens with one attached hydrogen (secondary N) is 1. The van der Waals surface area contributed by atoms with E-state index in [0.717, 1.165) is 17.1 Å². The number of ether oxygens (including phenoxy) is 1. The van der Waals surface area contributed by atoms with Crippen LogP contribution in [0.15, 0.2) is 23.6 Å². The highest BCUT2D eigenvalue weighted by atomic mass is 32.1. The number of carbonyl (C=O) groups excluding carboxylic acids is 1. The number of aryl methyl sites for hydroxylation is 2. The van der Waals surface area contributed by atoms with Gasteiger partial charge in [0.15, 0.2) is 0 Å². The summed E-state index contributed by atoms with van der Waals surface area (Å²) in [4.78, 5) is 13.0. The molecule has 0 aliphatic carbocycles. The molecule has 0 aliphatic rings. The molecule has 0 fully saturated rings. The lowest BCUT2D eigenvalue weighted by molar-refractivity contribution is 0.0588. The Morgan fingerprint density at radius 2 is 2.05 bits per heavy atom. The Morgan fingerprint density at radius 1 is 1.36 bits per heavy atom. The maximum Gasteiger partial charge on any atom is 0.263 e. The van der Waals surface area contributed by atoms with Crippen molar-refractivity contribution < 1.29 is 14.6 Å². The lowest BCUT2D eigenvalue weighted by atomic mass is 10.2. The molecule has 5 nitrogen and oxygen atoms in total. The quantitative estimate of drug-likeness (QED) is 0.822. The van der Waals surface area contributed by atoms with E-state index in [4.69, 9.17) is 4.74 Å². The van der Waals surface area contributed by atoms with Gasteiger partial charge in [-0.1, -0.05) is 0 Å². The number of hydrogen-bond acceptors (Lipinski definition) is 4. The molecule has 0 aromatic carbocycles. The maximum absolute atomic E-state index is 12.4. The summed E-state index contributed by atoms with van der Waals surface area (Å²) in [7, 11) is 1.54. The standard InChI is InChI=1S/C16H22N2O3S/c1-11-4-5-12(2)18(11)14-7-9-22-15(14)16(20)17-8-6-13(19)10-21-3/h4-5,7,9,13,19H,6,8,10H2,1-3H3,(H,17,20). The molecule has 0 aliphatic heterocycles. The zero-order chi connectivity index (χ0) is 16.1. The van der Waals surface area contributed by atoms with Gasteiger partial charge in [-0.3, -0.25) is 4.79 Å². The van der Waals surface area contributed by atoms with E-state index >= 15 is 0 Å². The normalized spacial score (nSPS) is 12.4. The van der Waals surface area contributed by atoms with E-state index in [2.05, 4.69) is 9.88 Å². The molecule has 0 spiro atoms. The van der Waals surface area contributed by atoms with Crippen LogP contribution in [0.5, 0.6) is 0 Å². The molecule has 120 valence electrons. The number of hydrogen-bond donors (Lipinski definition) is 2. The van der Waals surface area contributed by atoms with Crippen LogP contribution in [0.2, 0.25) is 0 Å². The summed E-state index contributed by atoms with van der Waals surface area (Å²) >= 11 is 1.42. The second-order valence-electron chi connectivity index (χ2n) is 5.24. The highest BCUT2D eigenvalue weighted by molar-refractivity contribution is 7.12. The summed E-state index contributed by atoms with van der Waals surface area (Å²) in [5.74, 6) is -0.109. The molecule has 2 rings (SSSR count). The van der Waals surface area contributed by atoms with Gasteiger partial charge in [0.05, 0.1) is 18.4 Å². The van der Waals surface area contributed by atoms with Crippen molar-refractivity contribution in [3.63, 3.8) is 0 Å². The van der Waals surface area contributed by atoms with Crippen LogP contribution in [0.25, 0.3) is 5.69 Å². The van der Waals surface area contributed by atoms with Crippen LogP contribution in [0.4, 0.5) is 0 Å². The van der Waals surface area contributed by atoms with Crippen LogP contribution in [0, 0.1) is 13.8 Å². The van der Waals surface area contributed by atoms with Crippen LogP contribution >= 0.6 is 11.3 Å². The second kappa shape index (κ2) is 7.58. The van der Waals surface area contributed by atoms with Crippen molar-refractivity contribution in [3.05, 3.63) is 39.8 Å². The molecule has 2 aromatic heterocycles. The van der Waals surface area contributed by atoms with Gasteiger partial charge in [-0.15, -0.1) is 11.3 Å². The van der Waals surface area contributed by atoms with E-state index in [1.165, 1.54) is 11.3 Å². The molecule has 2 N–H and O–H groups in total. The molecule has 1 atom stereocenters. The molecule has 0 radical (unpaired) electrons. The third-order valence-electron chi connectivity index (χ3n) is 3.48. The summed E-state index contributed by atoms with van der Waals surface area (Å²) in [5.41, 5.74) is 3.10. The molecule has 2 aromatic rings. The van der Waals surface area contributed by atoms with Gasteiger partial charge in [-0.25, -0.2) is 0 Å². The van der Waals surface area contributed by atoms with Gasteiger partial charge >= 0.3 is 0 Å². The minimum atomic E-state index is -0.554. The first-order valence-electron chi connectivity index (χ1n) is 7.22. The second-order valence-corrected chi connectivity index (χ2v) is 6.16. The number of amides is 1. The number of rotatable bonds is 7. The van der Waals surface area contributed by atoms with Crippen molar-refractivity contribution in [1.29, 1.82) is 0 Å². The maximum atomic E-state index is 12.4. The fourth-order valence-corrected chi connectivity index (χ4v) is 3.20. The topological polar surface area (TPSA) is 63.5 Å². The number of aliphatic hydroxyl groups excluding tert-OH is 1. The Balaban J connectivity index is 2.05. The number of aliphatic hydroxyl groups is 1. The number of aromatic nitrogens is 1. The highest BCUT2D eigenvalue weighted by Gasteiger charge is 2.16. The van der Waals surface area contributed by atoms with Gasteiger partial charge in [0.2, 0.25) is 0 Å². The molecule has 6 heteroatoms. The molecule has 22 heavy (non-hydrogen) atoms. The van der Waals surface area contributed by atoms with Gasteiger partial charge in [-0.05, 0) is 43.8 Å². The van der Waals surface area contributed by atoms with Crippen molar-refractivity contribution in [1.82, 2.24) is 9.88 Å². The van der Waals surface area contributed by atoms with Gasteiger partial charge in [0.25, 0.3) is 5.91 Å². The summed E-state index contributed by atoms with van der Waals surface area (Å²) in [6.45, 7) is 4.74.